The number of nitrogens with one attached hydrogen (secondary N) is 1. The fraction of sp³-hybridized carbons (Fsp3) is 0.440. The van der Waals surface area contributed by atoms with E-state index in [1.54, 1.807) is 12.1 Å². The molecule has 0 radical (unpaired) electrons. The third-order valence-electron chi connectivity index (χ3n) is 6.73. The van der Waals surface area contributed by atoms with Gasteiger partial charge in [-0.15, -0.1) is 0 Å². The van der Waals surface area contributed by atoms with E-state index in [1.165, 1.54) is 33.7 Å². The molecule has 1 aromatic carbocycles. The van der Waals surface area contributed by atoms with Gasteiger partial charge in [0.25, 0.3) is 5.91 Å². The fourth-order valence-electron chi connectivity index (χ4n) is 4.87. The number of Topliss-reactive ketones (excluding diaryl/α,β-unsaturated/α-hetero) is 1. The molecule has 2 fully saturated rings. The first-order chi connectivity index (χ1) is 17.1. The number of benzene rings is 1. The summed E-state index contributed by atoms with van der Waals surface area (Å²) in [6.07, 6.45) is 4.13. The molecule has 10 nitrogen and oxygen atoms in total. The van der Waals surface area contributed by atoms with Gasteiger partial charge in [0, 0.05) is 44.3 Å². The van der Waals surface area contributed by atoms with Crippen LogP contribution in [-0.2, 0) is 19.6 Å². The third-order valence-corrected chi connectivity index (χ3v) is 8.58. The second-order valence-electron chi connectivity index (χ2n) is 9.29. The molecular formula is C25H31N5O5S. The van der Waals surface area contributed by atoms with E-state index >= 15 is 0 Å². The van der Waals surface area contributed by atoms with E-state index in [4.69, 9.17) is 0 Å². The molecule has 2 aliphatic rings. The number of nitrogens with zero attached hydrogens (tertiary/aromatic N) is 4. The number of sulfonamides is 1. The summed E-state index contributed by atoms with van der Waals surface area (Å²) in [7, 11) is -0.122. The van der Waals surface area contributed by atoms with Crippen LogP contribution in [0.3, 0.4) is 0 Å². The summed E-state index contributed by atoms with van der Waals surface area (Å²) in [6, 6.07) is 7.71. The second-order valence-corrected chi connectivity index (χ2v) is 11.2. The van der Waals surface area contributed by atoms with Gasteiger partial charge in [-0.2, -0.15) is 4.31 Å². The van der Waals surface area contributed by atoms with Crippen molar-refractivity contribution in [3.8, 4) is 0 Å². The number of amides is 2. The summed E-state index contributed by atoms with van der Waals surface area (Å²) in [5.41, 5.74) is 1.38. The number of ketones is 1. The molecule has 1 N–H and O–H groups in total. The fourth-order valence-corrected chi connectivity index (χ4v) is 6.46. The van der Waals surface area contributed by atoms with Crippen molar-refractivity contribution >= 4 is 33.3 Å². The highest BCUT2D eigenvalue weighted by atomic mass is 32.2. The molecule has 1 aromatic heterocycles. The van der Waals surface area contributed by atoms with Gasteiger partial charge in [-0.05, 0) is 49.2 Å². The molecule has 11 heteroatoms. The molecule has 0 saturated carbocycles. The number of aromatic nitrogens is 1. The predicted molar refractivity (Wildman–Crippen MR) is 134 cm³/mol. The molecule has 0 aliphatic carbocycles. The molecule has 2 amide bonds. The van der Waals surface area contributed by atoms with Gasteiger partial charge < -0.3 is 15.1 Å². The number of hydrogen-bond acceptors (Lipinski definition) is 7. The molecule has 2 aliphatic heterocycles. The van der Waals surface area contributed by atoms with Crippen LogP contribution in [0.15, 0.2) is 53.7 Å². The summed E-state index contributed by atoms with van der Waals surface area (Å²) < 4.78 is 27.5. The van der Waals surface area contributed by atoms with Crippen molar-refractivity contribution in [1.29, 1.82) is 0 Å². The highest BCUT2D eigenvalue weighted by molar-refractivity contribution is 7.89. The van der Waals surface area contributed by atoms with Gasteiger partial charge in [0.1, 0.15) is 17.0 Å². The number of carbonyl (C=O) groups excluding carboxylic acids is 3. The Bertz CT molecular complexity index is 1230. The topological polar surface area (TPSA) is 120 Å². The second kappa shape index (κ2) is 10.4. The first-order valence-corrected chi connectivity index (χ1v) is 13.4. The summed E-state index contributed by atoms with van der Waals surface area (Å²) in [5.74, 6) is -1.06. The maximum atomic E-state index is 13.5. The van der Waals surface area contributed by atoms with Crippen LogP contribution in [0.4, 0.5) is 5.69 Å². The molecule has 3 heterocycles. The number of carbonyl (C=O) groups is 3. The zero-order valence-corrected chi connectivity index (χ0v) is 21.4. The maximum Gasteiger partial charge on any atom is 0.251 e. The SMILES string of the molecule is CCCC(NC(=O)c1ccc(N(C)C)cc1)C(=O)N1CCC2C1C(=O)CN2S(=O)(=O)c1cccnc1. The van der Waals surface area contributed by atoms with Crippen molar-refractivity contribution in [2.24, 2.45) is 0 Å². The van der Waals surface area contributed by atoms with Crippen molar-refractivity contribution in [1.82, 2.24) is 19.5 Å². The van der Waals surface area contributed by atoms with Crippen LogP contribution >= 0.6 is 0 Å². The smallest absolute Gasteiger partial charge is 0.251 e. The van der Waals surface area contributed by atoms with Gasteiger partial charge in [-0.1, -0.05) is 13.3 Å². The Morgan fingerprint density at radius 2 is 1.92 bits per heavy atom. The van der Waals surface area contributed by atoms with Crippen LogP contribution in [0, 0.1) is 0 Å². The van der Waals surface area contributed by atoms with Crippen molar-refractivity contribution in [2.75, 3.05) is 32.1 Å². The summed E-state index contributed by atoms with van der Waals surface area (Å²) in [5, 5.41) is 2.83. The molecule has 3 unspecified atom stereocenters. The molecule has 0 bridgehead atoms. The Labute approximate surface area is 211 Å². The molecule has 0 spiro atoms. The summed E-state index contributed by atoms with van der Waals surface area (Å²) in [6.45, 7) is 1.86. The van der Waals surface area contributed by atoms with Crippen LogP contribution in [0.1, 0.15) is 36.5 Å². The highest BCUT2D eigenvalue weighted by Crippen LogP contribution is 2.34. The van der Waals surface area contributed by atoms with Crippen LogP contribution < -0.4 is 10.2 Å². The first-order valence-electron chi connectivity index (χ1n) is 12.0. The largest absolute Gasteiger partial charge is 0.378 e. The summed E-state index contributed by atoms with van der Waals surface area (Å²) >= 11 is 0. The Morgan fingerprint density at radius 3 is 2.53 bits per heavy atom. The van der Waals surface area contributed by atoms with E-state index in [0.717, 1.165) is 5.69 Å². The molecule has 2 saturated heterocycles. The van der Waals surface area contributed by atoms with E-state index in [9.17, 15) is 22.8 Å². The Morgan fingerprint density at radius 1 is 1.19 bits per heavy atom. The van der Waals surface area contributed by atoms with E-state index in [1.807, 2.05) is 38.1 Å². The monoisotopic (exact) mass is 513 g/mol. The van der Waals surface area contributed by atoms with Crippen LogP contribution in [0.2, 0.25) is 0 Å². The number of rotatable bonds is 8. The minimum absolute atomic E-state index is 0.0136. The average Bonchev–Trinajstić information content (AvgIpc) is 3.45. The lowest BCUT2D eigenvalue weighted by atomic mass is 10.1. The number of hydrogen-bond donors (Lipinski definition) is 1. The standard InChI is InChI=1S/C25H31N5O5S/c1-4-6-20(27-24(32)17-8-10-18(11-9-17)28(2)3)25(33)29-14-12-21-23(29)22(31)16-30(21)36(34,35)19-7-5-13-26-15-19/h5,7-11,13,15,20-21,23H,4,6,12,14,16H2,1-3H3,(H,27,32). The van der Waals surface area contributed by atoms with Gasteiger partial charge >= 0.3 is 0 Å². The Hall–Kier alpha value is -3.31. The van der Waals surface area contributed by atoms with Crippen LogP contribution in [0.5, 0.6) is 0 Å². The van der Waals surface area contributed by atoms with Gasteiger partial charge in [-0.3, -0.25) is 19.4 Å². The van der Waals surface area contributed by atoms with Gasteiger partial charge in [-0.25, -0.2) is 8.42 Å². The van der Waals surface area contributed by atoms with Crippen molar-refractivity contribution in [3.63, 3.8) is 0 Å². The molecule has 3 atom stereocenters. The maximum absolute atomic E-state index is 13.5. The minimum Gasteiger partial charge on any atom is -0.378 e. The highest BCUT2D eigenvalue weighted by Gasteiger charge is 2.54. The van der Waals surface area contributed by atoms with Crippen LogP contribution in [-0.4, -0.2) is 85.5 Å². The molecule has 36 heavy (non-hydrogen) atoms. The Balaban J connectivity index is 1.51. The zero-order valence-electron chi connectivity index (χ0n) is 20.6. The van der Waals surface area contributed by atoms with Crippen molar-refractivity contribution in [2.45, 2.75) is 49.2 Å². The van der Waals surface area contributed by atoms with Gasteiger partial charge in [0.15, 0.2) is 5.78 Å². The molecule has 2 aromatic rings. The van der Waals surface area contributed by atoms with E-state index in [-0.39, 0.29) is 35.6 Å². The number of likely N-dealkylation sites (tertiary alicyclic amines) is 1. The third kappa shape index (κ3) is 4.85. The summed E-state index contributed by atoms with van der Waals surface area (Å²) in [4.78, 5) is 46.7. The van der Waals surface area contributed by atoms with Gasteiger partial charge in [0.2, 0.25) is 15.9 Å². The van der Waals surface area contributed by atoms with E-state index < -0.39 is 28.1 Å². The van der Waals surface area contributed by atoms with Crippen molar-refractivity contribution in [3.05, 3.63) is 54.4 Å². The number of fused-ring (bicyclic) bond motifs is 1. The normalized spacial score (nSPS) is 20.8. The number of pyridine rings is 1. The zero-order chi connectivity index (χ0) is 26.0. The quantitative estimate of drug-likeness (QED) is 0.565. The molecule has 4 rings (SSSR count). The van der Waals surface area contributed by atoms with Crippen molar-refractivity contribution < 1.29 is 22.8 Å². The lowest BCUT2D eigenvalue weighted by Gasteiger charge is -2.28. The van der Waals surface area contributed by atoms with Crippen LogP contribution in [0.25, 0.3) is 0 Å². The minimum atomic E-state index is -3.93. The van der Waals surface area contributed by atoms with E-state index in [2.05, 4.69) is 10.3 Å². The molecular weight excluding hydrogens is 482 g/mol. The number of anilines is 1. The van der Waals surface area contributed by atoms with E-state index in [0.29, 0.717) is 24.8 Å². The Kier molecular flexibility index (Phi) is 7.41. The first kappa shape index (κ1) is 25.8. The molecule has 192 valence electrons. The predicted octanol–water partition coefficient (Wildman–Crippen LogP) is 1.29. The lowest BCUT2D eigenvalue weighted by molar-refractivity contribution is -0.138. The lowest BCUT2D eigenvalue weighted by Crippen LogP contribution is -2.52. The average molecular weight is 514 g/mol. The van der Waals surface area contributed by atoms with Gasteiger partial charge in [0.05, 0.1) is 12.6 Å².